The molecule has 102 valence electrons. The third-order valence-electron chi connectivity index (χ3n) is 3.14. The Hall–Kier alpha value is -1.32. The summed E-state index contributed by atoms with van der Waals surface area (Å²) in [6, 6.07) is 10.8. The summed E-state index contributed by atoms with van der Waals surface area (Å²) in [5.74, 6) is 0. The average molecular weight is 274 g/mol. The number of para-hydroxylation sites is 1. The summed E-state index contributed by atoms with van der Waals surface area (Å²) < 4.78 is 0. The van der Waals surface area contributed by atoms with E-state index in [4.69, 9.17) is 0 Å². The fourth-order valence-corrected chi connectivity index (χ4v) is 2.83. The van der Waals surface area contributed by atoms with Gasteiger partial charge in [0, 0.05) is 25.8 Å². The summed E-state index contributed by atoms with van der Waals surface area (Å²) in [7, 11) is 2.16. The molecular weight excluding hydrogens is 252 g/mol. The molecule has 0 bridgehead atoms. The number of anilines is 1. The lowest BCUT2D eigenvalue weighted by atomic mass is 10.1. The van der Waals surface area contributed by atoms with E-state index in [-0.39, 0.29) is 0 Å². The zero-order valence-corrected chi connectivity index (χ0v) is 12.5. The first kappa shape index (κ1) is 14.1. The van der Waals surface area contributed by atoms with E-state index in [1.807, 2.05) is 0 Å². The van der Waals surface area contributed by atoms with Crippen LogP contribution in [0.1, 0.15) is 24.5 Å². The van der Waals surface area contributed by atoms with Crippen LogP contribution in [-0.4, -0.2) is 13.6 Å². The fourth-order valence-electron chi connectivity index (χ4n) is 2.17. The lowest BCUT2D eigenvalue weighted by Gasteiger charge is -2.22. The number of thiophene rings is 1. The first-order valence-electron chi connectivity index (χ1n) is 6.82. The normalized spacial score (nSPS) is 10.6. The first-order chi connectivity index (χ1) is 9.31. The molecule has 0 atom stereocenters. The Kier molecular flexibility index (Phi) is 5.43. The molecule has 1 aromatic carbocycles. The lowest BCUT2D eigenvalue weighted by molar-refractivity contribution is 0.674. The minimum atomic E-state index is 0.942. The summed E-state index contributed by atoms with van der Waals surface area (Å²) in [5.41, 5.74) is 4.06. The summed E-state index contributed by atoms with van der Waals surface area (Å²) in [6.45, 7) is 5.18. The van der Waals surface area contributed by atoms with E-state index in [2.05, 4.69) is 65.3 Å². The molecule has 3 heteroatoms. The Labute approximate surface area is 120 Å². The Balaban J connectivity index is 2.05. The molecule has 0 aliphatic carbocycles. The molecule has 1 aromatic heterocycles. The highest BCUT2D eigenvalue weighted by Crippen LogP contribution is 2.21. The predicted octanol–water partition coefficient (Wildman–Crippen LogP) is 3.88. The molecule has 0 fully saturated rings. The van der Waals surface area contributed by atoms with E-state index >= 15 is 0 Å². The number of rotatable bonds is 7. The molecule has 0 aliphatic heterocycles. The van der Waals surface area contributed by atoms with Crippen molar-refractivity contribution in [3.05, 3.63) is 52.2 Å². The Morgan fingerprint density at radius 3 is 2.79 bits per heavy atom. The molecule has 0 saturated carbocycles. The molecule has 0 radical (unpaired) electrons. The number of nitrogens with zero attached hydrogens (tertiary/aromatic N) is 1. The van der Waals surface area contributed by atoms with Gasteiger partial charge in [0.1, 0.15) is 0 Å². The van der Waals surface area contributed by atoms with Crippen LogP contribution >= 0.6 is 11.3 Å². The second kappa shape index (κ2) is 7.31. The molecule has 0 spiro atoms. The van der Waals surface area contributed by atoms with Crippen molar-refractivity contribution >= 4 is 17.0 Å². The van der Waals surface area contributed by atoms with E-state index in [0.29, 0.717) is 0 Å². The SMILES string of the molecule is CCCNCc1ccccc1N(C)Cc1ccsc1. The largest absolute Gasteiger partial charge is 0.370 e. The van der Waals surface area contributed by atoms with Crippen molar-refractivity contribution in [3.63, 3.8) is 0 Å². The van der Waals surface area contributed by atoms with Gasteiger partial charge in [0.05, 0.1) is 0 Å². The summed E-state index contributed by atoms with van der Waals surface area (Å²) in [5, 5.41) is 7.83. The van der Waals surface area contributed by atoms with Gasteiger partial charge >= 0.3 is 0 Å². The van der Waals surface area contributed by atoms with Crippen molar-refractivity contribution < 1.29 is 0 Å². The van der Waals surface area contributed by atoms with Gasteiger partial charge in [-0.05, 0) is 47.0 Å². The number of nitrogens with one attached hydrogen (secondary N) is 1. The summed E-state index contributed by atoms with van der Waals surface area (Å²) >= 11 is 1.76. The predicted molar refractivity (Wildman–Crippen MR) is 84.9 cm³/mol. The highest BCUT2D eigenvalue weighted by molar-refractivity contribution is 7.07. The molecule has 0 saturated heterocycles. The highest BCUT2D eigenvalue weighted by atomic mass is 32.1. The van der Waals surface area contributed by atoms with Crippen LogP contribution in [0, 0.1) is 0 Å². The van der Waals surface area contributed by atoms with E-state index in [0.717, 1.165) is 19.6 Å². The van der Waals surface area contributed by atoms with Crippen molar-refractivity contribution in [1.82, 2.24) is 5.32 Å². The van der Waals surface area contributed by atoms with Crippen LogP contribution < -0.4 is 10.2 Å². The Morgan fingerprint density at radius 1 is 1.21 bits per heavy atom. The second-order valence-electron chi connectivity index (χ2n) is 4.79. The van der Waals surface area contributed by atoms with E-state index in [1.165, 1.54) is 23.2 Å². The van der Waals surface area contributed by atoms with E-state index < -0.39 is 0 Å². The van der Waals surface area contributed by atoms with Gasteiger partial charge in [-0.3, -0.25) is 0 Å². The van der Waals surface area contributed by atoms with Gasteiger partial charge in [0.15, 0.2) is 0 Å². The molecule has 2 aromatic rings. The standard InChI is InChI=1S/C16H22N2S/c1-3-9-17-11-15-6-4-5-7-16(15)18(2)12-14-8-10-19-13-14/h4-8,10,13,17H,3,9,11-12H2,1-2H3. The van der Waals surface area contributed by atoms with E-state index in [1.54, 1.807) is 11.3 Å². The van der Waals surface area contributed by atoms with Crippen molar-refractivity contribution in [1.29, 1.82) is 0 Å². The van der Waals surface area contributed by atoms with Crippen LogP contribution in [0.15, 0.2) is 41.1 Å². The summed E-state index contributed by atoms with van der Waals surface area (Å²) in [6.07, 6.45) is 1.17. The maximum atomic E-state index is 3.48. The van der Waals surface area contributed by atoms with Crippen molar-refractivity contribution in [2.45, 2.75) is 26.4 Å². The number of hydrogen-bond acceptors (Lipinski definition) is 3. The minimum Gasteiger partial charge on any atom is -0.370 e. The number of hydrogen-bond donors (Lipinski definition) is 1. The molecule has 0 amide bonds. The second-order valence-corrected chi connectivity index (χ2v) is 5.57. The maximum absolute atomic E-state index is 3.48. The van der Waals surface area contributed by atoms with Crippen LogP contribution in [0.4, 0.5) is 5.69 Å². The third kappa shape index (κ3) is 4.08. The highest BCUT2D eigenvalue weighted by Gasteiger charge is 2.07. The van der Waals surface area contributed by atoms with Gasteiger partial charge in [-0.25, -0.2) is 0 Å². The van der Waals surface area contributed by atoms with E-state index in [9.17, 15) is 0 Å². The molecular formula is C16H22N2S. The Bertz CT molecular complexity index is 479. The molecule has 0 unspecified atom stereocenters. The first-order valence-corrected chi connectivity index (χ1v) is 7.76. The van der Waals surface area contributed by atoms with Gasteiger partial charge < -0.3 is 10.2 Å². The quantitative estimate of drug-likeness (QED) is 0.771. The Morgan fingerprint density at radius 2 is 2.05 bits per heavy atom. The van der Waals surface area contributed by atoms with Crippen LogP contribution in [0.25, 0.3) is 0 Å². The van der Waals surface area contributed by atoms with Crippen molar-refractivity contribution in [2.24, 2.45) is 0 Å². The summed E-state index contributed by atoms with van der Waals surface area (Å²) in [4.78, 5) is 2.32. The smallest absolute Gasteiger partial charge is 0.0434 e. The maximum Gasteiger partial charge on any atom is 0.0434 e. The average Bonchev–Trinajstić information content (AvgIpc) is 2.92. The lowest BCUT2D eigenvalue weighted by Crippen LogP contribution is -2.20. The number of benzene rings is 1. The molecule has 1 N–H and O–H groups in total. The van der Waals surface area contributed by atoms with Crippen LogP contribution in [0.2, 0.25) is 0 Å². The van der Waals surface area contributed by atoms with Gasteiger partial charge in [0.25, 0.3) is 0 Å². The molecule has 1 heterocycles. The zero-order chi connectivity index (χ0) is 13.5. The van der Waals surface area contributed by atoms with Crippen molar-refractivity contribution in [2.75, 3.05) is 18.5 Å². The van der Waals surface area contributed by atoms with Gasteiger partial charge in [-0.1, -0.05) is 25.1 Å². The monoisotopic (exact) mass is 274 g/mol. The zero-order valence-electron chi connectivity index (χ0n) is 11.7. The molecule has 0 aliphatic rings. The molecule has 2 nitrogen and oxygen atoms in total. The van der Waals surface area contributed by atoms with Gasteiger partial charge in [-0.2, -0.15) is 11.3 Å². The minimum absolute atomic E-state index is 0.942. The fraction of sp³-hybridized carbons (Fsp3) is 0.375. The van der Waals surface area contributed by atoms with Crippen LogP contribution in [0.5, 0.6) is 0 Å². The van der Waals surface area contributed by atoms with Gasteiger partial charge in [0.2, 0.25) is 0 Å². The van der Waals surface area contributed by atoms with Crippen molar-refractivity contribution in [3.8, 4) is 0 Å². The van der Waals surface area contributed by atoms with Gasteiger partial charge in [-0.15, -0.1) is 0 Å². The topological polar surface area (TPSA) is 15.3 Å². The van der Waals surface area contributed by atoms with Crippen LogP contribution in [-0.2, 0) is 13.1 Å². The van der Waals surface area contributed by atoms with Crippen LogP contribution in [0.3, 0.4) is 0 Å². The molecule has 2 rings (SSSR count). The molecule has 19 heavy (non-hydrogen) atoms. The third-order valence-corrected chi connectivity index (χ3v) is 3.88.